The van der Waals surface area contributed by atoms with E-state index in [9.17, 15) is 24.4 Å². The number of Topliss-reactive ketones (excluding diaryl/α,β-unsaturated/α-hetero) is 1. The molecular weight excluding hydrogens is 442 g/mol. The Bertz CT molecular complexity index is 1140. The van der Waals surface area contributed by atoms with E-state index in [1.165, 1.54) is 19.2 Å². The van der Waals surface area contributed by atoms with Crippen LogP contribution < -0.4 is 14.2 Å². The molecule has 0 bridgehead atoms. The number of esters is 1. The molecule has 1 aliphatic rings. The Balaban J connectivity index is 2.24. The number of rotatable bonds is 11. The molecule has 1 heterocycles. The lowest BCUT2D eigenvalue weighted by Crippen LogP contribution is -2.14. The number of nitrogens with zero attached hydrogens (tertiary/aromatic N) is 1. The highest BCUT2D eigenvalue weighted by atomic mass is 16.6. The summed E-state index contributed by atoms with van der Waals surface area (Å²) in [6.45, 7) is 3.95. The number of carboxylic acids is 1. The van der Waals surface area contributed by atoms with Crippen molar-refractivity contribution in [3.05, 3.63) is 45.4 Å². The number of carboxylic acid groups (broad SMARTS) is 1. The zero-order valence-electron chi connectivity index (χ0n) is 19.4. The predicted molar refractivity (Wildman–Crippen MR) is 124 cm³/mol. The molecule has 2 aromatic carbocycles. The normalized spacial score (nSPS) is 12.0. The van der Waals surface area contributed by atoms with Crippen LogP contribution in [0.2, 0.25) is 0 Å². The summed E-state index contributed by atoms with van der Waals surface area (Å²) in [7, 11) is 1.42. The SMILES string of the molecule is CCCCCc1c2c(cc(N=O)c1C(=O)O)OC(=O)c1c(cc(OC)cc1C(=O)CCCC)O2. The maximum Gasteiger partial charge on any atom is 0.348 e. The van der Waals surface area contributed by atoms with Crippen LogP contribution in [0.5, 0.6) is 23.0 Å². The monoisotopic (exact) mass is 469 g/mol. The number of unbranched alkanes of at least 4 members (excludes halogenated alkanes) is 3. The molecule has 0 aromatic heterocycles. The standard InChI is InChI=1S/C25H27NO8/c1-4-6-8-9-15-21(24(28)29)17(26-31)13-20-23(15)33-19-12-14(32-3)11-16(18(27)10-7-5-2)22(19)25(30)34-20/h11-13H,4-10H2,1-3H3,(H,28,29). The minimum atomic E-state index is -1.34. The van der Waals surface area contributed by atoms with Crippen LogP contribution in [0, 0.1) is 4.91 Å². The molecule has 1 N–H and O–H groups in total. The number of benzene rings is 2. The molecule has 3 rings (SSSR count). The molecule has 0 atom stereocenters. The Labute approximate surface area is 197 Å². The van der Waals surface area contributed by atoms with E-state index in [-0.39, 0.29) is 63.8 Å². The third kappa shape index (κ3) is 4.93. The Morgan fingerprint density at radius 2 is 1.76 bits per heavy atom. The van der Waals surface area contributed by atoms with Crippen molar-refractivity contribution < 1.29 is 33.7 Å². The maximum atomic E-state index is 13.1. The summed E-state index contributed by atoms with van der Waals surface area (Å²) in [6.07, 6.45) is 4.24. The average molecular weight is 469 g/mol. The van der Waals surface area contributed by atoms with Crippen molar-refractivity contribution in [2.75, 3.05) is 7.11 Å². The van der Waals surface area contributed by atoms with Gasteiger partial charge in [-0.3, -0.25) is 4.79 Å². The van der Waals surface area contributed by atoms with Crippen molar-refractivity contribution in [3.63, 3.8) is 0 Å². The molecule has 9 nitrogen and oxygen atoms in total. The second-order valence-electron chi connectivity index (χ2n) is 8.00. The van der Waals surface area contributed by atoms with Gasteiger partial charge in [-0.1, -0.05) is 33.1 Å². The highest BCUT2D eigenvalue weighted by Gasteiger charge is 2.33. The van der Waals surface area contributed by atoms with Gasteiger partial charge in [-0.05, 0) is 30.5 Å². The number of aromatic carboxylic acids is 1. The number of ether oxygens (including phenoxy) is 3. The molecule has 0 saturated carbocycles. The van der Waals surface area contributed by atoms with Crippen LogP contribution in [0.15, 0.2) is 23.4 Å². The third-order valence-electron chi connectivity index (χ3n) is 5.65. The number of carbonyl (C=O) groups is 3. The van der Waals surface area contributed by atoms with Gasteiger partial charge in [0.1, 0.15) is 22.7 Å². The van der Waals surface area contributed by atoms with Gasteiger partial charge in [0.05, 0.1) is 12.7 Å². The molecule has 0 spiro atoms. The van der Waals surface area contributed by atoms with Gasteiger partial charge in [0.15, 0.2) is 17.3 Å². The first-order valence-electron chi connectivity index (χ1n) is 11.3. The Morgan fingerprint density at radius 3 is 2.38 bits per heavy atom. The molecule has 0 aliphatic carbocycles. The van der Waals surface area contributed by atoms with Crippen molar-refractivity contribution in [1.29, 1.82) is 0 Å². The van der Waals surface area contributed by atoms with Gasteiger partial charge in [-0.2, -0.15) is 0 Å². The first-order valence-corrected chi connectivity index (χ1v) is 11.3. The Hall–Kier alpha value is -3.75. The van der Waals surface area contributed by atoms with Gasteiger partial charge in [0.2, 0.25) is 0 Å². The molecule has 0 saturated heterocycles. The summed E-state index contributed by atoms with van der Waals surface area (Å²) >= 11 is 0. The molecule has 0 fully saturated rings. The summed E-state index contributed by atoms with van der Waals surface area (Å²) in [5.74, 6) is -2.27. The van der Waals surface area contributed by atoms with E-state index in [1.807, 2.05) is 13.8 Å². The van der Waals surface area contributed by atoms with Crippen LogP contribution >= 0.6 is 0 Å². The van der Waals surface area contributed by atoms with Gasteiger partial charge in [0.25, 0.3) is 0 Å². The molecule has 180 valence electrons. The highest BCUT2D eigenvalue weighted by molar-refractivity contribution is 6.09. The summed E-state index contributed by atoms with van der Waals surface area (Å²) < 4.78 is 16.9. The minimum absolute atomic E-state index is 0.00760. The fraction of sp³-hybridized carbons (Fsp3) is 0.400. The average Bonchev–Trinajstić information content (AvgIpc) is 2.96. The highest BCUT2D eigenvalue weighted by Crippen LogP contribution is 2.47. The Kier molecular flexibility index (Phi) is 7.99. The number of nitroso groups, excluding NO2 is 1. The summed E-state index contributed by atoms with van der Waals surface area (Å²) in [6, 6.07) is 3.99. The zero-order chi connectivity index (χ0) is 24.8. The maximum absolute atomic E-state index is 13.1. The molecule has 34 heavy (non-hydrogen) atoms. The first kappa shape index (κ1) is 24.9. The van der Waals surface area contributed by atoms with Crippen molar-refractivity contribution in [2.45, 2.75) is 58.8 Å². The number of hydrogen-bond donors (Lipinski definition) is 1. The van der Waals surface area contributed by atoms with E-state index in [1.54, 1.807) is 0 Å². The van der Waals surface area contributed by atoms with Crippen LogP contribution in [0.4, 0.5) is 5.69 Å². The topological polar surface area (TPSA) is 129 Å². The summed E-state index contributed by atoms with van der Waals surface area (Å²) in [4.78, 5) is 49.5. The zero-order valence-corrected chi connectivity index (χ0v) is 19.4. The molecular formula is C25H27NO8. The van der Waals surface area contributed by atoms with Crippen LogP contribution in [0.3, 0.4) is 0 Å². The quantitative estimate of drug-likeness (QED) is 0.135. The largest absolute Gasteiger partial charge is 0.497 e. The van der Waals surface area contributed by atoms with Gasteiger partial charge >= 0.3 is 11.9 Å². The van der Waals surface area contributed by atoms with E-state index in [0.717, 1.165) is 25.3 Å². The predicted octanol–water partition coefficient (Wildman–Crippen LogP) is 6.22. The number of carbonyl (C=O) groups excluding carboxylic acids is 2. The van der Waals surface area contributed by atoms with Gasteiger partial charge in [0, 0.05) is 29.7 Å². The second-order valence-corrected chi connectivity index (χ2v) is 8.00. The molecule has 1 aliphatic heterocycles. The fourth-order valence-electron chi connectivity index (χ4n) is 3.92. The Morgan fingerprint density at radius 1 is 1.03 bits per heavy atom. The van der Waals surface area contributed by atoms with Gasteiger partial charge in [-0.15, -0.1) is 4.91 Å². The molecule has 2 aromatic rings. The van der Waals surface area contributed by atoms with Crippen LogP contribution in [0.25, 0.3) is 0 Å². The first-order chi connectivity index (χ1) is 16.4. The lowest BCUT2D eigenvalue weighted by atomic mass is 9.97. The third-order valence-corrected chi connectivity index (χ3v) is 5.65. The summed E-state index contributed by atoms with van der Waals surface area (Å²) in [5.41, 5.74) is -0.436. The van der Waals surface area contributed by atoms with E-state index < -0.39 is 11.9 Å². The fourth-order valence-corrected chi connectivity index (χ4v) is 3.92. The second kappa shape index (κ2) is 10.9. The molecule has 0 radical (unpaired) electrons. The van der Waals surface area contributed by atoms with Gasteiger partial charge in [-0.25, -0.2) is 9.59 Å². The lowest BCUT2D eigenvalue weighted by Gasteiger charge is -2.16. The van der Waals surface area contributed by atoms with E-state index in [4.69, 9.17) is 14.2 Å². The van der Waals surface area contributed by atoms with Gasteiger partial charge < -0.3 is 19.3 Å². The van der Waals surface area contributed by atoms with E-state index >= 15 is 0 Å². The van der Waals surface area contributed by atoms with E-state index in [0.29, 0.717) is 18.6 Å². The van der Waals surface area contributed by atoms with E-state index in [2.05, 4.69) is 5.18 Å². The smallest absolute Gasteiger partial charge is 0.348 e. The number of hydrogen-bond acceptors (Lipinski definition) is 8. The van der Waals surface area contributed by atoms with Crippen molar-refractivity contribution in [3.8, 4) is 23.0 Å². The number of methoxy groups -OCH3 is 1. The number of fused-ring (bicyclic) bond motifs is 2. The van der Waals surface area contributed by atoms with Crippen LogP contribution in [-0.2, 0) is 6.42 Å². The van der Waals surface area contributed by atoms with Crippen LogP contribution in [-0.4, -0.2) is 29.9 Å². The number of ketones is 1. The lowest BCUT2D eigenvalue weighted by molar-refractivity contribution is 0.0695. The minimum Gasteiger partial charge on any atom is -0.497 e. The van der Waals surface area contributed by atoms with Crippen molar-refractivity contribution in [2.24, 2.45) is 5.18 Å². The van der Waals surface area contributed by atoms with Crippen LogP contribution in [0.1, 0.15) is 89.0 Å². The summed E-state index contributed by atoms with van der Waals surface area (Å²) in [5, 5.41) is 12.7. The molecule has 0 amide bonds. The molecule has 0 unspecified atom stereocenters. The molecule has 9 heteroatoms. The van der Waals surface area contributed by atoms with Crippen molar-refractivity contribution in [1.82, 2.24) is 0 Å². The van der Waals surface area contributed by atoms with Crippen molar-refractivity contribution >= 4 is 23.4 Å².